The van der Waals surface area contributed by atoms with Crippen LogP contribution in [0.25, 0.3) is 0 Å². The van der Waals surface area contributed by atoms with Crippen LogP contribution < -0.4 is 10.7 Å². The van der Waals surface area contributed by atoms with Gasteiger partial charge in [0.1, 0.15) is 18.3 Å². The summed E-state index contributed by atoms with van der Waals surface area (Å²) >= 11 is 0. The third-order valence-corrected chi connectivity index (χ3v) is 5.03. The van der Waals surface area contributed by atoms with E-state index < -0.39 is 17.9 Å². The molecule has 0 radical (unpaired) electrons. The predicted octanol–water partition coefficient (Wildman–Crippen LogP) is 2.94. The summed E-state index contributed by atoms with van der Waals surface area (Å²) in [5.74, 6) is -1.18. The van der Waals surface area contributed by atoms with Gasteiger partial charge in [-0.25, -0.2) is 5.43 Å². The summed E-state index contributed by atoms with van der Waals surface area (Å²) in [5.41, 5.74) is 4.45. The molecule has 178 valence electrons. The Kier molecular flexibility index (Phi) is 9.87. The second-order valence-corrected chi connectivity index (χ2v) is 8.16. The van der Waals surface area contributed by atoms with E-state index >= 15 is 0 Å². The highest BCUT2D eigenvalue weighted by atomic mass is 16.5. The number of hydrazine groups is 1. The normalized spacial score (nSPS) is 11.7. The van der Waals surface area contributed by atoms with E-state index in [1.165, 1.54) is 11.1 Å². The molecule has 0 saturated heterocycles. The largest absolute Gasteiger partial charge is 0.508 e. The van der Waals surface area contributed by atoms with E-state index in [1.807, 2.05) is 44.2 Å². The molecule has 2 amide bonds. The number of nitrogens with zero attached hydrogens (tertiary/aromatic N) is 1. The molecule has 2 rings (SSSR count). The zero-order valence-electron chi connectivity index (χ0n) is 19.6. The van der Waals surface area contributed by atoms with Crippen molar-refractivity contribution in [1.29, 1.82) is 0 Å². The van der Waals surface area contributed by atoms with Crippen molar-refractivity contribution in [2.75, 3.05) is 13.2 Å². The molecule has 0 aliphatic carbocycles. The lowest BCUT2D eigenvalue weighted by atomic mass is 10.0. The number of amides is 2. The van der Waals surface area contributed by atoms with Crippen molar-refractivity contribution in [2.45, 2.75) is 46.7 Å². The van der Waals surface area contributed by atoms with E-state index in [9.17, 15) is 19.5 Å². The first-order valence-electron chi connectivity index (χ1n) is 11.1. The standard InChI is InChI=1S/C25H33N3O5/c1-5-33-23(30)15-26-28(16-19-10-7-6-8-11-19)25(32)21(14-17(2)3)27-24(31)20-12-9-13-22(29)18(20)4/h6-13,17,21,26,29H,5,14-16H2,1-4H3,(H,27,31)/t21-/m0/s1. The zero-order valence-corrected chi connectivity index (χ0v) is 19.6. The van der Waals surface area contributed by atoms with Gasteiger partial charge in [0.2, 0.25) is 0 Å². The Balaban J connectivity index is 2.26. The predicted molar refractivity (Wildman–Crippen MR) is 125 cm³/mol. The number of ether oxygens (including phenoxy) is 1. The fraction of sp³-hybridized carbons (Fsp3) is 0.400. The van der Waals surface area contributed by atoms with Crippen LogP contribution >= 0.6 is 0 Å². The Hall–Kier alpha value is -3.39. The molecule has 2 aromatic rings. The number of aromatic hydroxyl groups is 1. The first kappa shape index (κ1) is 25.9. The quantitative estimate of drug-likeness (QED) is 0.355. The number of rotatable bonds is 11. The number of esters is 1. The Bertz CT molecular complexity index is 946. The first-order chi connectivity index (χ1) is 15.7. The second kappa shape index (κ2) is 12.6. The van der Waals surface area contributed by atoms with Crippen LogP contribution in [0, 0.1) is 12.8 Å². The number of phenols is 1. The van der Waals surface area contributed by atoms with Gasteiger partial charge in [-0.2, -0.15) is 0 Å². The number of benzene rings is 2. The minimum atomic E-state index is -0.836. The Labute approximate surface area is 194 Å². The molecule has 0 unspecified atom stereocenters. The molecule has 0 heterocycles. The van der Waals surface area contributed by atoms with Crippen LogP contribution in [0.4, 0.5) is 0 Å². The summed E-state index contributed by atoms with van der Waals surface area (Å²) in [7, 11) is 0. The zero-order chi connectivity index (χ0) is 24.4. The molecule has 0 spiro atoms. The van der Waals surface area contributed by atoms with Gasteiger partial charge < -0.3 is 15.2 Å². The fourth-order valence-electron chi connectivity index (χ4n) is 3.34. The maximum atomic E-state index is 13.5. The molecule has 0 bridgehead atoms. The van der Waals surface area contributed by atoms with Gasteiger partial charge in [-0.05, 0) is 43.9 Å². The van der Waals surface area contributed by atoms with Crippen LogP contribution in [0.2, 0.25) is 0 Å². The number of carbonyl (C=O) groups is 3. The third-order valence-electron chi connectivity index (χ3n) is 5.03. The highest BCUT2D eigenvalue weighted by Crippen LogP contribution is 2.20. The summed E-state index contributed by atoms with van der Waals surface area (Å²) in [6.45, 7) is 7.53. The van der Waals surface area contributed by atoms with Gasteiger partial charge in [0.15, 0.2) is 0 Å². The molecular weight excluding hydrogens is 422 g/mol. The molecule has 8 nitrogen and oxygen atoms in total. The topological polar surface area (TPSA) is 108 Å². The summed E-state index contributed by atoms with van der Waals surface area (Å²) in [6.07, 6.45) is 0.398. The number of nitrogens with one attached hydrogen (secondary N) is 2. The minimum Gasteiger partial charge on any atom is -0.508 e. The van der Waals surface area contributed by atoms with Crippen LogP contribution in [-0.4, -0.2) is 47.1 Å². The summed E-state index contributed by atoms with van der Waals surface area (Å²) in [6, 6.07) is 13.2. The van der Waals surface area contributed by atoms with Gasteiger partial charge in [-0.3, -0.25) is 19.4 Å². The van der Waals surface area contributed by atoms with Crippen LogP contribution in [0.1, 0.15) is 48.7 Å². The maximum Gasteiger partial charge on any atom is 0.321 e. The van der Waals surface area contributed by atoms with Crippen LogP contribution in [-0.2, 0) is 20.9 Å². The van der Waals surface area contributed by atoms with E-state index in [0.717, 1.165) is 5.56 Å². The second-order valence-electron chi connectivity index (χ2n) is 8.16. The number of hydrogen-bond acceptors (Lipinski definition) is 6. The number of hydrogen-bond donors (Lipinski definition) is 3. The van der Waals surface area contributed by atoms with E-state index in [0.29, 0.717) is 17.5 Å². The number of phenolic OH excluding ortho intramolecular Hbond substituents is 1. The van der Waals surface area contributed by atoms with Crippen molar-refractivity contribution in [3.8, 4) is 5.75 Å². The van der Waals surface area contributed by atoms with Crippen LogP contribution in [0.15, 0.2) is 48.5 Å². The van der Waals surface area contributed by atoms with Gasteiger partial charge in [0, 0.05) is 11.1 Å². The molecule has 0 aliphatic rings. The smallest absolute Gasteiger partial charge is 0.321 e. The van der Waals surface area contributed by atoms with E-state index in [4.69, 9.17) is 4.74 Å². The average molecular weight is 456 g/mol. The molecule has 8 heteroatoms. The summed E-state index contributed by atoms with van der Waals surface area (Å²) < 4.78 is 4.96. The summed E-state index contributed by atoms with van der Waals surface area (Å²) in [4.78, 5) is 38.4. The van der Waals surface area contributed by atoms with Crippen molar-refractivity contribution in [3.05, 3.63) is 65.2 Å². The molecule has 33 heavy (non-hydrogen) atoms. The molecule has 1 atom stereocenters. The van der Waals surface area contributed by atoms with E-state index in [-0.39, 0.29) is 37.3 Å². The van der Waals surface area contributed by atoms with Crippen molar-refractivity contribution in [3.63, 3.8) is 0 Å². The minimum absolute atomic E-state index is 0.0104. The molecule has 0 aromatic heterocycles. The van der Waals surface area contributed by atoms with E-state index in [1.54, 1.807) is 26.0 Å². The SMILES string of the molecule is CCOC(=O)CNN(Cc1ccccc1)C(=O)[C@H](CC(C)C)NC(=O)c1cccc(O)c1C. The Morgan fingerprint density at radius 3 is 2.39 bits per heavy atom. The molecule has 3 N–H and O–H groups in total. The van der Waals surface area contributed by atoms with Crippen molar-refractivity contribution in [1.82, 2.24) is 15.8 Å². The van der Waals surface area contributed by atoms with Gasteiger partial charge in [0.25, 0.3) is 11.8 Å². The van der Waals surface area contributed by atoms with Crippen molar-refractivity contribution < 1.29 is 24.2 Å². The van der Waals surface area contributed by atoms with Gasteiger partial charge in [-0.1, -0.05) is 50.2 Å². The van der Waals surface area contributed by atoms with Crippen LogP contribution in [0.5, 0.6) is 5.75 Å². The monoisotopic (exact) mass is 455 g/mol. The average Bonchev–Trinajstić information content (AvgIpc) is 2.78. The highest BCUT2D eigenvalue weighted by Gasteiger charge is 2.28. The van der Waals surface area contributed by atoms with Crippen molar-refractivity contribution in [2.24, 2.45) is 5.92 Å². The molecule has 0 saturated carbocycles. The lowest BCUT2D eigenvalue weighted by Crippen LogP contribution is -2.54. The van der Waals surface area contributed by atoms with E-state index in [2.05, 4.69) is 10.7 Å². The van der Waals surface area contributed by atoms with Gasteiger partial charge in [-0.15, -0.1) is 0 Å². The van der Waals surface area contributed by atoms with Crippen LogP contribution in [0.3, 0.4) is 0 Å². The molecular formula is C25H33N3O5. The highest BCUT2D eigenvalue weighted by molar-refractivity contribution is 5.99. The lowest BCUT2D eigenvalue weighted by molar-refractivity contribution is -0.145. The molecule has 0 fully saturated rings. The summed E-state index contributed by atoms with van der Waals surface area (Å²) in [5, 5.41) is 14.1. The molecule has 2 aromatic carbocycles. The van der Waals surface area contributed by atoms with Crippen molar-refractivity contribution >= 4 is 17.8 Å². The first-order valence-corrected chi connectivity index (χ1v) is 11.1. The lowest BCUT2D eigenvalue weighted by Gasteiger charge is -2.29. The third kappa shape index (κ3) is 7.91. The molecule has 0 aliphatic heterocycles. The fourth-order valence-corrected chi connectivity index (χ4v) is 3.34. The van der Waals surface area contributed by atoms with Gasteiger partial charge in [0.05, 0.1) is 13.2 Å². The number of carbonyl (C=O) groups excluding carboxylic acids is 3. The Morgan fingerprint density at radius 2 is 1.76 bits per heavy atom. The van der Waals surface area contributed by atoms with Gasteiger partial charge >= 0.3 is 5.97 Å². The maximum absolute atomic E-state index is 13.5. The Morgan fingerprint density at radius 1 is 1.06 bits per heavy atom.